The fraction of sp³-hybridized carbons (Fsp3) is 0.600. The minimum Gasteiger partial charge on any atom is -0.392 e. The highest BCUT2D eigenvalue weighted by atomic mass is 16.3. The second-order valence-corrected chi connectivity index (χ2v) is 5.12. The lowest BCUT2D eigenvalue weighted by atomic mass is 10.1. The molecule has 0 atom stereocenters. The zero-order chi connectivity index (χ0) is 13.0. The first-order chi connectivity index (χ1) is 8.74. The Morgan fingerprint density at radius 3 is 2.50 bits per heavy atom. The highest BCUT2D eigenvalue weighted by Crippen LogP contribution is 2.23. The Morgan fingerprint density at radius 1 is 1.17 bits per heavy atom. The topological polar surface area (TPSA) is 26.7 Å². The lowest BCUT2D eigenvalue weighted by Gasteiger charge is -2.36. The van der Waals surface area contributed by atoms with Crippen molar-refractivity contribution < 1.29 is 5.11 Å². The van der Waals surface area contributed by atoms with Gasteiger partial charge in [0.25, 0.3) is 0 Å². The molecule has 1 aliphatic rings. The molecule has 1 saturated heterocycles. The second-order valence-electron chi connectivity index (χ2n) is 5.12. The number of benzene rings is 1. The normalized spacial score (nSPS) is 17.2. The maximum absolute atomic E-state index is 9.47. The molecule has 1 fully saturated rings. The Kier molecular flexibility index (Phi) is 4.61. The van der Waals surface area contributed by atoms with Gasteiger partial charge in [0.05, 0.1) is 6.61 Å². The molecule has 1 aliphatic heterocycles. The molecule has 0 radical (unpaired) electrons. The lowest BCUT2D eigenvalue weighted by Crippen LogP contribution is -2.46. The average Bonchev–Trinajstić information content (AvgIpc) is 2.40. The van der Waals surface area contributed by atoms with Crippen LogP contribution in [0.25, 0.3) is 0 Å². The number of rotatable bonds is 4. The van der Waals surface area contributed by atoms with Crippen molar-refractivity contribution in [2.24, 2.45) is 0 Å². The van der Waals surface area contributed by atoms with E-state index in [1.54, 1.807) is 0 Å². The maximum atomic E-state index is 9.47. The first-order valence-corrected chi connectivity index (χ1v) is 6.92. The van der Waals surface area contributed by atoms with Gasteiger partial charge in [-0.05, 0) is 26.0 Å². The van der Waals surface area contributed by atoms with E-state index in [9.17, 15) is 5.11 Å². The summed E-state index contributed by atoms with van der Waals surface area (Å²) < 4.78 is 0. The summed E-state index contributed by atoms with van der Waals surface area (Å²) in [6, 6.07) is 6.37. The van der Waals surface area contributed by atoms with E-state index in [2.05, 4.69) is 41.8 Å². The summed E-state index contributed by atoms with van der Waals surface area (Å²) >= 11 is 0. The van der Waals surface area contributed by atoms with Gasteiger partial charge in [0.1, 0.15) is 0 Å². The summed E-state index contributed by atoms with van der Waals surface area (Å²) in [5, 5.41) is 9.47. The largest absolute Gasteiger partial charge is 0.392 e. The highest BCUT2D eigenvalue weighted by Gasteiger charge is 2.18. The van der Waals surface area contributed by atoms with Crippen LogP contribution in [0.1, 0.15) is 24.5 Å². The Hall–Kier alpha value is -1.06. The molecule has 3 nitrogen and oxygen atoms in total. The van der Waals surface area contributed by atoms with Gasteiger partial charge in [-0.1, -0.05) is 24.6 Å². The summed E-state index contributed by atoms with van der Waals surface area (Å²) in [6.45, 7) is 10.0. The van der Waals surface area contributed by atoms with Crippen molar-refractivity contribution in [1.82, 2.24) is 4.90 Å². The van der Waals surface area contributed by atoms with Crippen LogP contribution in [0, 0.1) is 6.92 Å². The number of nitrogens with zero attached hydrogens (tertiary/aromatic N) is 2. The summed E-state index contributed by atoms with van der Waals surface area (Å²) in [5.74, 6) is 0. The van der Waals surface area contributed by atoms with Crippen molar-refractivity contribution in [2.75, 3.05) is 37.6 Å². The van der Waals surface area contributed by atoms with Crippen molar-refractivity contribution in [1.29, 1.82) is 0 Å². The molecule has 1 aromatic rings. The van der Waals surface area contributed by atoms with Crippen molar-refractivity contribution in [3.8, 4) is 0 Å². The maximum Gasteiger partial charge on any atom is 0.0702 e. The van der Waals surface area contributed by atoms with E-state index in [0.29, 0.717) is 0 Å². The standard InChI is InChI=1S/C15H24N2O/c1-3-6-16-7-9-17(10-8-16)15-5-4-13(2)11-14(15)12-18/h4-5,11,18H,3,6-10,12H2,1-2H3. The van der Waals surface area contributed by atoms with Crippen molar-refractivity contribution in [2.45, 2.75) is 26.9 Å². The number of hydrogen-bond donors (Lipinski definition) is 1. The van der Waals surface area contributed by atoms with E-state index in [0.717, 1.165) is 31.7 Å². The number of hydrogen-bond acceptors (Lipinski definition) is 3. The van der Waals surface area contributed by atoms with Gasteiger partial charge >= 0.3 is 0 Å². The molecule has 0 saturated carbocycles. The Labute approximate surface area is 110 Å². The summed E-state index contributed by atoms with van der Waals surface area (Å²) in [7, 11) is 0. The summed E-state index contributed by atoms with van der Waals surface area (Å²) in [4.78, 5) is 4.92. The molecule has 2 rings (SSSR count). The van der Waals surface area contributed by atoms with E-state index in [4.69, 9.17) is 0 Å². The Balaban J connectivity index is 2.05. The van der Waals surface area contributed by atoms with Gasteiger partial charge in [0, 0.05) is 37.4 Å². The van der Waals surface area contributed by atoms with Gasteiger partial charge in [-0.3, -0.25) is 4.90 Å². The summed E-state index contributed by atoms with van der Waals surface area (Å²) in [6.07, 6.45) is 1.23. The third-order valence-corrected chi connectivity index (χ3v) is 3.66. The van der Waals surface area contributed by atoms with E-state index < -0.39 is 0 Å². The van der Waals surface area contributed by atoms with Crippen LogP contribution in [-0.2, 0) is 6.61 Å². The third kappa shape index (κ3) is 3.03. The van der Waals surface area contributed by atoms with Crippen LogP contribution in [0.15, 0.2) is 18.2 Å². The van der Waals surface area contributed by atoms with Crippen LogP contribution in [0.2, 0.25) is 0 Å². The predicted molar refractivity (Wildman–Crippen MR) is 76.0 cm³/mol. The molecule has 0 aliphatic carbocycles. The van der Waals surface area contributed by atoms with Crippen LogP contribution >= 0.6 is 0 Å². The van der Waals surface area contributed by atoms with Crippen molar-refractivity contribution in [3.05, 3.63) is 29.3 Å². The van der Waals surface area contributed by atoms with Gasteiger partial charge in [-0.25, -0.2) is 0 Å². The molecular weight excluding hydrogens is 224 g/mol. The molecule has 1 heterocycles. The fourth-order valence-corrected chi connectivity index (χ4v) is 2.68. The fourth-order valence-electron chi connectivity index (χ4n) is 2.68. The molecule has 1 N–H and O–H groups in total. The molecule has 0 aromatic heterocycles. The smallest absolute Gasteiger partial charge is 0.0702 e. The number of piperazine rings is 1. The molecule has 18 heavy (non-hydrogen) atoms. The van der Waals surface area contributed by atoms with Crippen molar-refractivity contribution in [3.63, 3.8) is 0 Å². The summed E-state index contributed by atoms with van der Waals surface area (Å²) in [5.41, 5.74) is 3.48. The first-order valence-electron chi connectivity index (χ1n) is 6.92. The van der Waals surface area contributed by atoms with Crippen molar-refractivity contribution >= 4 is 5.69 Å². The quantitative estimate of drug-likeness (QED) is 0.883. The average molecular weight is 248 g/mol. The van der Waals surface area contributed by atoms with E-state index in [-0.39, 0.29) is 6.61 Å². The van der Waals surface area contributed by atoms with Gasteiger partial charge < -0.3 is 10.0 Å². The van der Waals surface area contributed by atoms with E-state index in [1.165, 1.54) is 24.2 Å². The van der Waals surface area contributed by atoms with Crippen LogP contribution in [0.4, 0.5) is 5.69 Å². The monoisotopic (exact) mass is 248 g/mol. The molecule has 0 bridgehead atoms. The van der Waals surface area contributed by atoms with Gasteiger partial charge in [-0.15, -0.1) is 0 Å². The van der Waals surface area contributed by atoms with Crippen LogP contribution in [0.3, 0.4) is 0 Å². The SMILES string of the molecule is CCCN1CCN(c2ccc(C)cc2CO)CC1. The van der Waals surface area contributed by atoms with E-state index >= 15 is 0 Å². The molecular formula is C15H24N2O. The molecule has 0 spiro atoms. The van der Waals surface area contributed by atoms with E-state index in [1.807, 2.05) is 0 Å². The Bertz CT molecular complexity index is 384. The zero-order valence-electron chi connectivity index (χ0n) is 11.5. The second kappa shape index (κ2) is 6.21. The molecule has 100 valence electrons. The predicted octanol–water partition coefficient (Wildman–Crippen LogP) is 2.02. The highest BCUT2D eigenvalue weighted by molar-refractivity contribution is 5.55. The third-order valence-electron chi connectivity index (χ3n) is 3.66. The number of aliphatic hydroxyl groups excluding tert-OH is 1. The molecule has 1 aromatic carbocycles. The van der Waals surface area contributed by atoms with Crippen LogP contribution < -0.4 is 4.90 Å². The Morgan fingerprint density at radius 2 is 1.89 bits per heavy atom. The first kappa shape index (κ1) is 13.4. The van der Waals surface area contributed by atoms with Gasteiger partial charge in [-0.2, -0.15) is 0 Å². The lowest BCUT2D eigenvalue weighted by molar-refractivity contribution is 0.256. The van der Waals surface area contributed by atoms with Crippen LogP contribution in [0.5, 0.6) is 0 Å². The van der Waals surface area contributed by atoms with Gasteiger partial charge in [0.2, 0.25) is 0 Å². The van der Waals surface area contributed by atoms with Crippen LogP contribution in [-0.4, -0.2) is 42.7 Å². The zero-order valence-corrected chi connectivity index (χ0v) is 11.5. The van der Waals surface area contributed by atoms with Gasteiger partial charge in [0.15, 0.2) is 0 Å². The number of aryl methyl sites for hydroxylation is 1. The molecule has 0 unspecified atom stereocenters. The number of anilines is 1. The number of aliphatic hydroxyl groups is 1. The molecule has 0 amide bonds. The minimum atomic E-state index is 0.131. The minimum absolute atomic E-state index is 0.131. The molecule has 3 heteroatoms.